The minimum Gasteiger partial charge on any atom is -0.394 e. The molecule has 90 heavy (non-hydrogen) atoms. The van der Waals surface area contributed by atoms with Gasteiger partial charge >= 0.3 is 7.82 Å². The van der Waals surface area contributed by atoms with E-state index in [1.807, 2.05) is 66.7 Å². The van der Waals surface area contributed by atoms with Crippen LogP contribution in [0.15, 0.2) is 72.7 Å². The Morgan fingerprint density at radius 1 is 0.733 bits per heavy atom. The lowest BCUT2D eigenvalue weighted by atomic mass is 9.56. The van der Waals surface area contributed by atoms with Crippen LogP contribution in [0, 0.1) is 59.2 Å². The number of ether oxygens (including phenoxy) is 1. The number of hydrogen-bond acceptors (Lipinski definition) is 18. The highest BCUT2D eigenvalue weighted by atomic mass is 31.2. The van der Waals surface area contributed by atoms with E-state index in [1.165, 1.54) is 13.3 Å². The van der Waals surface area contributed by atoms with E-state index in [0.29, 0.717) is 62.1 Å². The maximum atomic E-state index is 14.4. The lowest BCUT2D eigenvalue weighted by Gasteiger charge is -2.45. The van der Waals surface area contributed by atoms with E-state index in [4.69, 9.17) is 68.2 Å². The van der Waals surface area contributed by atoms with Gasteiger partial charge in [-0.3, -0.25) is 62.6 Å². The predicted molar refractivity (Wildman–Crippen MR) is 334 cm³/mol. The highest BCUT2D eigenvalue weighted by molar-refractivity contribution is 7.47. The van der Waals surface area contributed by atoms with E-state index in [0.717, 1.165) is 11.1 Å². The van der Waals surface area contributed by atoms with Gasteiger partial charge in [0.25, 0.3) is 0 Å². The summed E-state index contributed by atoms with van der Waals surface area (Å²) in [6, 6.07) is 3.73. The van der Waals surface area contributed by atoms with E-state index < -0.39 is 137 Å². The minimum absolute atomic E-state index is 0.0372. The Morgan fingerprint density at radius 3 is 1.90 bits per heavy atom. The molecule has 1 aromatic carbocycles. The van der Waals surface area contributed by atoms with Crippen LogP contribution in [-0.2, 0) is 51.9 Å². The van der Waals surface area contributed by atoms with Crippen LogP contribution in [-0.4, -0.2) is 132 Å². The molecule has 6 aliphatic rings. The van der Waals surface area contributed by atoms with Gasteiger partial charge in [0.2, 0.25) is 41.4 Å². The van der Waals surface area contributed by atoms with Crippen molar-refractivity contribution in [2.24, 2.45) is 99.7 Å². The van der Waals surface area contributed by atoms with E-state index in [-0.39, 0.29) is 77.2 Å². The number of aliphatic hydroxyl groups is 2. The number of primary amides is 6. The molecule has 28 heteroatoms. The number of aromatic nitrogens is 2. The van der Waals surface area contributed by atoms with E-state index >= 15 is 0 Å². The topological polar surface area (TPSA) is 460 Å². The van der Waals surface area contributed by atoms with Crippen molar-refractivity contribution in [3.8, 4) is 0 Å². The molecule has 1 aromatic heterocycles. The third-order valence-electron chi connectivity index (χ3n) is 20.2. The molecule has 16 N–H and O–H groups in total. The Labute approximate surface area is 522 Å². The Morgan fingerprint density at radius 2 is 1.31 bits per heavy atom. The van der Waals surface area contributed by atoms with E-state index in [2.05, 4.69) is 10.3 Å². The number of carbonyl (C=O) groups is 7. The fourth-order valence-electron chi connectivity index (χ4n) is 15.0. The maximum Gasteiger partial charge on any atom is 0.472 e. The van der Waals surface area contributed by atoms with Gasteiger partial charge in [0.05, 0.1) is 47.2 Å². The van der Waals surface area contributed by atoms with Crippen molar-refractivity contribution in [3.63, 3.8) is 0 Å². The molecule has 7 amide bonds. The standard InChI is InChI=1S/C62H88N13O14P/c1-29-20-39-40(21-30(29)2)75(28-70-39)57-52(84)53(41(27-76)87-57)89-90(85,86)88-31(3)26-69-49(83)18-19-59(8)37(22-46(66)80)56-62(11)61(10,25-48(68)82)36(14-17-45(65)79)51(74-62)33(5)55-60(9,24-47(67)81)34(12-15-43(63)77)38(71-55)23-42-58(6,7)35(13-16-44(64)78)50(72-42)32(4)54(59)73-56/h20-21,23,28,31,34-37,41,52-53,57,76,84H,12-19,22,24-27H2,1-11H3,(H2,63,77)(H2,64,78)(H2,65,79)(H2,66,80)(H2,67,81)(H2,68,82)(H,69,83)(H,85,86)/b42-23-,54-32-,55-33-/t31-,34+,35-,36-,37+,41+,52-,53+,57-,59-,60-,61-,62+/m1/s1. The molecule has 1 fully saturated rings. The molecule has 7 heterocycles. The lowest BCUT2D eigenvalue weighted by Crippen LogP contribution is -2.54. The summed E-state index contributed by atoms with van der Waals surface area (Å²) >= 11 is 0. The zero-order valence-corrected chi connectivity index (χ0v) is 54.0. The van der Waals surface area contributed by atoms with Gasteiger partial charge in [-0.1, -0.05) is 34.6 Å². The molecule has 0 saturated carbocycles. The molecule has 14 atom stereocenters. The van der Waals surface area contributed by atoms with Crippen molar-refractivity contribution in [1.82, 2.24) is 14.9 Å². The molecule has 1 saturated heterocycles. The van der Waals surface area contributed by atoms with Crippen LogP contribution in [0.1, 0.15) is 150 Å². The van der Waals surface area contributed by atoms with Crippen LogP contribution in [0.25, 0.3) is 11.0 Å². The van der Waals surface area contributed by atoms with Crippen molar-refractivity contribution in [2.45, 2.75) is 183 Å². The van der Waals surface area contributed by atoms with Gasteiger partial charge in [-0.2, -0.15) is 0 Å². The number of allylic oxidation sites excluding steroid dienone is 6. The Bertz CT molecular complexity index is 3600. The number of nitrogens with one attached hydrogen (secondary N) is 1. The predicted octanol–water partition coefficient (Wildman–Crippen LogP) is 3.65. The summed E-state index contributed by atoms with van der Waals surface area (Å²) < 4.78 is 32.2. The average molecular weight is 1270 g/mol. The second kappa shape index (κ2) is 25.5. The quantitative estimate of drug-likeness (QED) is 0.0601. The molecular weight excluding hydrogens is 1180 g/mol. The minimum atomic E-state index is -5.07. The number of imidazole rings is 1. The fourth-order valence-corrected chi connectivity index (χ4v) is 16.2. The van der Waals surface area contributed by atoms with Crippen LogP contribution in [0.5, 0.6) is 0 Å². The first-order valence-electron chi connectivity index (χ1n) is 30.4. The Hall–Kier alpha value is -7.13. The number of nitrogens with zero attached hydrogens (tertiary/aromatic N) is 6. The number of aliphatic imine (C=N–C) groups is 4. The fraction of sp³-hybridized carbons (Fsp3) is 0.613. The van der Waals surface area contributed by atoms with Gasteiger partial charge in [0, 0.05) is 120 Å². The molecular formula is C62H88N13O14P. The van der Waals surface area contributed by atoms with Crippen LogP contribution < -0.4 is 39.7 Å². The first kappa shape index (κ1) is 68.8. The lowest BCUT2D eigenvalue weighted by molar-refractivity contribution is -0.123. The number of nitrogens with two attached hydrogens (primary N) is 6. The summed E-state index contributed by atoms with van der Waals surface area (Å²) in [7, 11) is -5.07. The molecule has 8 bridgehead atoms. The van der Waals surface area contributed by atoms with Gasteiger partial charge < -0.3 is 64.1 Å². The van der Waals surface area contributed by atoms with Crippen molar-refractivity contribution >= 4 is 83.1 Å². The first-order chi connectivity index (χ1) is 41.8. The molecule has 0 radical (unpaired) electrons. The maximum absolute atomic E-state index is 14.4. The Kier molecular flexibility index (Phi) is 19.5. The molecule has 0 spiro atoms. The zero-order chi connectivity index (χ0) is 66.7. The number of aryl methyl sites for hydroxylation is 2. The Balaban J connectivity index is 1.20. The molecule has 2 aromatic rings. The third kappa shape index (κ3) is 12.9. The number of rotatable bonds is 26. The van der Waals surface area contributed by atoms with Gasteiger partial charge in [-0.05, 0) is 108 Å². The number of phosphoric acid groups is 1. The first-order valence-corrected chi connectivity index (χ1v) is 31.9. The number of amides is 7. The molecule has 8 rings (SSSR count). The largest absolute Gasteiger partial charge is 0.472 e. The number of hydrogen-bond donors (Lipinski definition) is 10. The van der Waals surface area contributed by atoms with Gasteiger partial charge in [0.15, 0.2) is 6.23 Å². The SMILES string of the molecule is C/C1=C2N=C(/C=C3N=C(/C(C)=C4\N=C([C@H](CC(N)=O)[C@@]4(C)CCC(=O)NC[C@@H](C)OP(=O)(O)O[C@@H]4[C@@H](O)[C@H](n5cnc6cc(C)c(C)cc65)O[C@H]4CO)[C@]4(C)N=C1[C@@H](CCC(N)=O)[C@@]4(C)CC(N)=O)[C@@H](CCC(N)=O)C\3(C)C)[C@H](CCC(N)=O)[C@@]/2(C)CC(N)=O. The average Bonchev–Trinajstić information content (AvgIpc) is 1.53. The van der Waals surface area contributed by atoms with Gasteiger partial charge in [-0.15, -0.1) is 0 Å². The molecule has 1 unspecified atom stereocenters. The second-order valence-corrected chi connectivity index (χ2v) is 28.2. The number of aliphatic hydroxyl groups excluding tert-OH is 2. The summed E-state index contributed by atoms with van der Waals surface area (Å²) in [5.74, 6) is -7.52. The van der Waals surface area contributed by atoms with Crippen LogP contribution >= 0.6 is 7.82 Å². The highest BCUT2D eigenvalue weighted by Crippen LogP contribution is 2.62. The molecule has 27 nitrogen and oxygen atoms in total. The van der Waals surface area contributed by atoms with E-state index in [9.17, 15) is 53.2 Å². The van der Waals surface area contributed by atoms with Crippen LogP contribution in [0.2, 0.25) is 0 Å². The monoisotopic (exact) mass is 1270 g/mol. The number of carbonyl (C=O) groups excluding carboxylic acids is 7. The van der Waals surface area contributed by atoms with Gasteiger partial charge in [0.1, 0.15) is 23.9 Å². The zero-order valence-electron chi connectivity index (χ0n) is 53.1. The second-order valence-electron chi connectivity index (χ2n) is 26.8. The van der Waals surface area contributed by atoms with Crippen molar-refractivity contribution in [2.75, 3.05) is 13.2 Å². The molecule has 490 valence electrons. The summed E-state index contributed by atoms with van der Waals surface area (Å²) in [6.45, 7) is 19.0. The number of benzene rings is 1. The van der Waals surface area contributed by atoms with Crippen molar-refractivity contribution in [3.05, 3.63) is 63.9 Å². The van der Waals surface area contributed by atoms with Crippen LogP contribution in [0.4, 0.5) is 0 Å². The summed E-state index contributed by atoms with van der Waals surface area (Å²) in [5.41, 5.74) is 36.8. The molecule has 0 aliphatic carbocycles. The normalized spacial score (nSPS) is 33.4. The summed E-state index contributed by atoms with van der Waals surface area (Å²) in [5, 5.41) is 24.6. The summed E-state index contributed by atoms with van der Waals surface area (Å²) in [4.78, 5) is 131. The van der Waals surface area contributed by atoms with Crippen molar-refractivity contribution in [1.29, 1.82) is 0 Å². The van der Waals surface area contributed by atoms with Gasteiger partial charge in [-0.25, -0.2) is 9.55 Å². The smallest absolute Gasteiger partial charge is 0.394 e. The molecule has 6 aliphatic heterocycles. The number of phosphoric ester groups is 1. The van der Waals surface area contributed by atoms with E-state index in [1.54, 1.807) is 25.3 Å². The van der Waals surface area contributed by atoms with Crippen molar-refractivity contribution < 1.29 is 67.0 Å². The summed E-state index contributed by atoms with van der Waals surface area (Å²) in [6.07, 6.45) is -4.63. The third-order valence-corrected chi connectivity index (χ3v) is 21.3. The van der Waals surface area contributed by atoms with Crippen LogP contribution in [0.3, 0.4) is 0 Å². The number of fused-ring (bicyclic) bond motifs is 6. The highest BCUT2D eigenvalue weighted by Gasteiger charge is 2.65.